The van der Waals surface area contributed by atoms with Gasteiger partial charge in [0.25, 0.3) is 5.91 Å². The number of hydrogen-bond acceptors (Lipinski definition) is 3. The average molecular weight is 438 g/mol. The van der Waals surface area contributed by atoms with Crippen molar-refractivity contribution in [1.82, 2.24) is 4.72 Å². The number of rotatable bonds is 4. The van der Waals surface area contributed by atoms with Gasteiger partial charge in [-0.05, 0) is 61.2 Å². The van der Waals surface area contributed by atoms with Crippen LogP contribution in [0, 0.1) is 0 Å². The lowest BCUT2D eigenvalue weighted by atomic mass is 10.1. The van der Waals surface area contributed by atoms with Crippen LogP contribution in [0.2, 0.25) is 0 Å². The first-order chi connectivity index (χ1) is 14.1. The van der Waals surface area contributed by atoms with Gasteiger partial charge in [-0.3, -0.25) is 4.79 Å². The molecule has 2 aromatic carbocycles. The molecule has 1 fully saturated rings. The van der Waals surface area contributed by atoms with E-state index in [1.54, 1.807) is 12.1 Å². The highest BCUT2D eigenvalue weighted by atomic mass is 32.2. The van der Waals surface area contributed by atoms with Crippen LogP contribution < -0.4 is 9.62 Å². The van der Waals surface area contributed by atoms with Gasteiger partial charge in [0.05, 0.1) is 10.5 Å². The van der Waals surface area contributed by atoms with Crippen LogP contribution in [-0.4, -0.2) is 26.9 Å². The van der Waals surface area contributed by atoms with Gasteiger partial charge in [0.2, 0.25) is 10.0 Å². The van der Waals surface area contributed by atoms with Gasteiger partial charge >= 0.3 is 6.18 Å². The summed E-state index contributed by atoms with van der Waals surface area (Å²) in [5.41, 5.74) is 0.270. The van der Waals surface area contributed by atoms with Crippen LogP contribution in [0.15, 0.2) is 47.4 Å². The van der Waals surface area contributed by atoms with E-state index in [1.165, 1.54) is 23.1 Å². The highest BCUT2D eigenvalue weighted by Gasteiger charge is 2.33. The molecule has 1 aliphatic carbocycles. The minimum Gasteiger partial charge on any atom is -0.308 e. The molecule has 0 spiro atoms. The van der Waals surface area contributed by atoms with E-state index in [1.807, 2.05) is 0 Å². The Labute approximate surface area is 172 Å². The van der Waals surface area contributed by atoms with E-state index in [2.05, 4.69) is 4.72 Å². The Morgan fingerprint density at radius 1 is 1.07 bits per heavy atom. The lowest BCUT2D eigenvalue weighted by Crippen LogP contribution is -2.32. The number of sulfonamides is 1. The van der Waals surface area contributed by atoms with Crippen LogP contribution in [-0.2, 0) is 22.6 Å². The van der Waals surface area contributed by atoms with Crippen molar-refractivity contribution in [3.05, 3.63) is 59.2 Å². The normalized spacial score (nSPS) is 17.4. The van der Waals surface area contributed by atoms with Gasteiger partial charge in [0.15, 0.2) is 0 Å². The summed E-state index contributed by atoms with van der Waals surface area (Å²) in [6.45, 7) is 0.282. The summed E-state index contributed by atoms with van der Waals surface area (Å²) in [5.74, 6) is -0.542. The molecule has 0 saturated heterocycles. The summed E-state index contributed by atoms with van der Waals surface area (Å²) >= 11 is 0. The third-order valence-corrected chi connectivity index (χ3v) is 7.13. The lowest BCUT2D eigenvalue weighted by Gasteiger charge is -2.19. The molecule has 0 aromatic heterocycles. The van der Waals surface area contributed by atoms with Crippen LogP contribution in [0.3, 0.4) is 0 Å². The number of amides is 1. The minimum absolute atomic E-state index is 0.0535. The van der Waals surface area contributed by atoms with Crippen molar-refractivity contribution in [3.63, 3.8) is 0 Å². The first kappa shape index (κ1) is 20.9. The van der Waals surface area contributed by atoms with Crippen molar-refractivity contribution in [2.45, 2.75) is 49.2 Å². The van der Waals surface area contributed by atoms with Crippen LogP contribution >= 0.6 is 0 Å². The molecule has 1 aliphatic heterocycles. The Morgan fingerprint density at radius 3 is 2.50 bits per heavy atom. The Hall–Kier alpha value is -2.39. The molecule has 0 bridgehead atoms. The van der Waals surface area contributed by atoms with Crippen molar-refractivity contribution >= 4 is 21.6 Å². The molecule has 9 heteroatoms. The predicted octanol–water partition coefficient (Wildman–Crippen LogP) is 4.13. The minimum atomic E-state index is -4.53. The van der Waals surface area contributed by atoms with Gasteiger partial charge in [-0.15, -0.1) is 0 Å². The van der Waals surface area contributed by atoms with Crippen molar-refractivity contribution in [3.8, 4) is 0 Å². The molecule has 5 nitrogen and oxygen atoms in total. The van der Waals surface area contributed by atoms with Crippen molar-refractivity contribution in [1.29, 1.82) is 0 Å². The number of benzene rings is 2. The largest absolute Gasteiger partial charge is 0.416 e. The van der Waals surface area contributed by atoms with Crippen molar-refractivity contribution < 1.29 is 26.4 Å². The zero-order valence-corrected chi connectivity index (χ0v) is 16.9. The average Bonchev–Trinajstić information content (AvgIpc) is 3.35. The molecule has 1 heterocycles. The number of anilines is 1. The number of fused-ring (bicyclic) bond motifs is 1. The first-order valence-electron chi connectivity index (χ1n) is 9.79. The third-order valence-electron chi connectivity index (χ3n) is 5.62. The molecule has 160 valence electrons. The Bertz CT molecular complexity index is 1080. The second-order valence-corrected chi connectivity index (χ2v) is 9.39. The maximum atomic E-state index is 13.0. The standard InChI is InChI=1S/C21H21F3N2O3S/c22-21(23,24)16-5-3-4-15(12-16)20(27)26-11-10-14-13-18(8-9-19(14)26)30(28,29)25-17-6-1-2-7-17/h3-5,8-9,12-13,17,25H,1-2,6-7,10-11H2. The van der Waals surface area contributed by atoms with Gasteiger partial charge in [-0.1, -0.05) is 18.9 Å². The van der Waals surface area contributed by atoms with Crippen molar-refractivity contribution in [2.75, 3.05) is 11.4 Å². The quantitative estimate of drug-likeness (QED) is 0.781. The van der Waals surface area contributed by atoms with E-state index in [4.69, 9.17) is 0 Å². The third kappa shape index (κ3) is 4.09. The van der Waals surface area contributed by atoms with E-state index in [9.17, 15) is 26.4 Å². The number of halogens is 3. The predicted molar refractivity (Wildman–Crippen MR) is 106 cm³/mol. The Kier molecular flexibility index (Phi) is 5.36. The SMILES string of the molecule is O=C(c1cccc(C(F)(F)F)c1)N1CCc2cc(S(=O)(=O)NC3CCCC3)ccc21. The topological polar surface area (TPSA) is 66.5 Å². The van der Waals surface area contributed by atoms with Gasteiger partial charge < -0.3 is 4.90 Å². The van der Waals surface area contributed by atoms with Gasteiger partial charge in [0.1, 0.15) is 0 Å². The number of nitrogens with one attached hydrogen (secondary N) is 1. The number of alkyl halides is 3. The van der Waals surface area contributed by atoms with E-state index < -0.39 is 27.7 Å². The number of hydrogen-bond donors (Lipinski definition) is 1. The fraction of sp³-hybridized carbons (Fsp3) is 0.381. The van der Waals surface area contributed by atoms with E-state index in [-0.39, 0.29) is 23.0 Å². The first-order valence-corrected chi connectivity index (χ1v) is 11.3. The van der Waals surface area contributed by atoms with E-state index in [0.29, 0.717) is 17.7 Å². The molecular formula is C21H21F3N2O3S. The summed E-state index contributed by atoms with van der Waals surface area (Å²) in [5, 5.41) is 0. The van der Waals surface area contributed by atoms with Crippen LogP contribution in [0.4, 0.5) is 18.9 Å². The summed E-state index contributed by atoms with van der Waals surface area (Å²) in [6, 6.07) is 8.80. The molecule has 30 heavy (non-hydrogen) atoms. The van der Waals surface area contributed by atoms with Crippen LogP contribution in [0.1, 0.15) is 47.2 Å². The molecule has 1 amide bonds. The number of carbonyl (C=O) groups is 1. The van der Waals surface area contributed by atoms with Crippen molar-refractivity contribution in [2.24, 2.45) is 0 Å². The summed E-state index contributed by atoms with van der Waals surface area (Å²) in [7, 11) is -3.66. The smallest absolute Gasteiger partial charge is 0.308 e. The maximum Gasteiger partial charge on any atom is 0.416 e. The fourth-order valence-electron chi connectivity index (χ4n) is 4.07. The van der Waals surface area contributed by atoms with E-state index >= 15 is 0 Å². The number of nitrogens with zero attached hydrogens (tertiary/aromatic N) is 1. The summed E-state index contributed by atoms with van der Waals surface area (Å²) < 4.78 is 66.9. The molecule has 2 aliphatic rings. The second-order valence-electron chi connectivity index (χ2n) is 7.68. The zero-order valence-electron chi connectivity index (χ0n) is 16.1. The Morgan fingerprint density at radius 2 is 1.80 bits per heavy atom. The molecule has 1 N–H and O–H groups in total. The second kappa shape index (κ2) is 7.70. The summed E-state index contributed by atoms with van der Waals surface area (Å²) in [6.07, 6.45) is -0.442. The molecule has 0 radical (unpaired) electrons. The fourth-order valence-corrected chi connectivity index (χ4v) is 5.43. The molecule has 4 rings (SSSR count). The van der Waals surface area contributed by atoms with Gasteiger partial charge in [0, 0.05) is 23.8 Å². The highest BCUT2D eigenvalue weighted by molar-refractivity contribution is 7.89. The zero-order chi connectivity index (χ0) is 21.5. The van der Waals surface area contributed by atoms with Crippen LogP contribution in [0.5, 0.6) is 0 Å². The van der Waals surface area contributed by atoms with E-state index in [0.717, 1.165) is 37.8 Å². The molecule has 2 aromatic rings. The highest BCUT2D eigenvalue weighted by Crippen LogP contribution is 2.33. The molecular weight excluding hydrogens is 417 g/mol. The number of carbonyl (C=O) groups excluding carboxylic acids is 1. The lowest BCUT2D eigenvalue weighted by molar-refractivity contribution is -0.137. The van der Waals surface area contributed by atoms with Crippen LogP contribution in [0.25, 0.3) is 0 Å². The molecule has 1 saturated carbocycles. The van der Waals surface area contributed by atoms with Gasteiger partial charge in [-0.2, -0.15) is 13.2 Å². The molecule has 0 atom stereocenters. The monoisotopic (exact) mass is 438 g/mol. The van der Waals surface area contributed by atoms with Gasteiger partial charge in [-0.25, -0.2) is 13.1 Å². The summed E-state index contributed by atoms with van der Waals surface area (Å²) in [4.78, 5) is 14.4. The maximum absolute atomic E-state index is 13.0. The Balaban J connectivity index is 1.57. The molecule has 0 unspecified atom stereocenters.